The van der Waals surface area contributed by atoms with Crippen LogP contribution in [0.3, 0.4) is 0 Å². The van der Waals surface area contributed by atoms with E-state index in [0.717, 1.165) is 44.8 Å². The molecule has 134 valence electrons. The Hall–Kier alpha value is -1.39. The molecule has 1 aromatic rings. The number of unbranched alkanes of at least 4 members (excludes halogenated alkanes) is 3. The molecule has 2 rings (SSSR count). The van der Waals surface area contributed by atoms with E-state index >= 15 is 0 Å². The summed E-state index contributed by atoms with van der Waals surface area (Å²) in [5, 5.41) is 3.13. The molecule has 0 radical (unpaired) electrons. The van der Waals surface area contributed by atoms with Gasteiger partial charge in [0.25, 0.3) is 5.91 Å². The Kier molecular flexibility index (Phi) is 8.26. The third kappa shape index (κ3) is 6.62. The molecule has 1 aliphatic heterocycles. The first-order valence-electron chi connectivity index (χ1n) is 9.39. The molecule has 0 aromatic heterocycles. The summed E-state index contributed by atoms with van der Waals surface area (Å²) in [5.41, 5.74) is 1.96. The zero-order chi connectivity index (χ0) is 17.2. The summed E-state index contributed by atoms with van der Waals surface area (Å²) in [5.74, 6) is 0.0434. The SMILES string of the molecule is CCCCCCC(C)NC(=O)c1cccc(CN2CCOCC2)c1. The molecule has 1 unspecified atom stereocenters. The standard InChI is InChI=1S/C20H32N2O2/c1-3-4-5-6-8-17(2)21-20(23)19-10-7-9-18(15-19)16-22-11-13-24-14-12-22/h7,9-10,15,17H,3-6,8,11-14,16H2,1-2H3,(H,21,23). The van der Waals surface area contributed by atoms with Gasteiger partial charge in [0.2, 0.25) is 0 Å². The number of carbonyl (C=O) groups excluding carboxylic acids is 1. The summed E-state index contributed by atoms with van der Waals surface area (Å²) in [6.07, 6.45) is 6.03. The maximum atomic E-state index is 12.4. The van der Waals surface area contributed by atoms with Crippen LogP contribution in [0, 0.1) is 0 Å². The number of nitrogens with one attached hydrogen (secondary N) is 1. The Morgan fingerprint density at radius 2 is 2.04 bits per heavy atom. The van der Waals surface area contributed by atoms with Crippen LogP contribution in [-0.2, 0) is 11.3 Å². The van der Waals surface area contributed by atoms with Crippen molar-refractivity contribution in [1.29, 1.82) is 0 Å². The molecular weight excluding hydrogens is 300 g/mol. The highest BCUT2D eigenvalue weighted by Crippen LogP contribution is 2.11. The van der Waals surface area contributed by atoms with Gasteiger partial charge in [-0.05, 0) is 31.0 Å². The van der Waals surface area contributed by atoms with E-state index in [1.807, 2.05) is 18.2 Å². The third-order valence-electron chi connectivity index (χ3n) is 4.57. The Labute approximate surface area is 146 Å². The van der Waals surface area contributed by atoms with Gasteiger partial charge in [0.15, 0.2) is 0 Å². The monoisotopic (exact) mass is 332 g/mol. The normalized spacial score (nSPS) is 16.8. The second kappa shape index (κ2) is 10.5. The molecule has 1 atom stereocenters. The van der Waals surface area contributed by atoms with Crippen LogP contribution >= 0.6 is 0 Å². The van der Waals surface area contributed by atoms with Gasteiger partial charge in [-0.1, -0.05) is 44.7 Å². The van der Waals surface area contributed by atoms with E-state index in [1.54, 1.807) is 0 Å². The molecule has 1 aromatic carbocycles. The van der Waals surface area contributed by atoms with Crippen molar-refractivity contribution in [3.63, 3.8) is 0 Å². The smallest absolute Gasteiger partial charge is 0.251 e. The number of hydrogen-bond donors (Lipinski definition) is 1. The van der Waals surface area contributed by atoms with Crippen LogP contribution in [-0.4, -0.2) is 43.2 Å². The number of rotatable bonds is 9. The van der Waals surface area contributed by atoms with Crippen LogP contribution < -0.4 is 5.32 Å². The predicted octanol–water partition coefficient (Wildman–Crippen LogP) is 3.61. The summed E-state index contributed by atoms with van der Waals surface area (Å²) < 4.78 is 5.38. The lowest BCUT2D eigenvalue weighted by atomic mass is 10.1. The van der Waals surface area contributed by atoms with E-state index in [4.69, 9.17) is 4.74 Å². The van der Waals surface area contributed by atoms with Crippen molar-refractivity contribution < 1.29 is 9.53 Å². The van der Waals surface area contributed by atoms with E-state index in [9.17, 15) is 4.79 Å². The van der Waals surface area contributed by atoms with Gasteiger partial charge in [-0.25, -0.2) is 0 Å². The second-order valence-corrected chi connectivity index (χ2v) is 6.81. The van der Waals surface area contributed by atoms with Gasteiger partial charge in [-0.15, -0.1) is 0 Å². The van der Waals surface area contributed by atoms with E-state index in [-0.39, 0.29) is 11.9 Å². The van der Waals surface area contributed by atoms with E-state index in [0.29, 0.717) is 0 Å². The third-order valence-corrected chi connectivity index (χ3v) is 4.57. The zero-order valence-corrected chi connectivity index (χ0v) is 15.2. The van der Waals surface area contributed by atoms with Gasteiger partial charge in [0.05, 0.1) is 13.2 Å². The second-order valence-electron chi connectivity index (χ2n) is 6.81. The molecule has 1 N–H and O–H groups in total. The largest absolute Gasteiger partial charge is 0.379 e. The van der Waals surface area contributed by atoms with Gasteiger partial charge >= 0.3 is 0 Å². The predicted molar refractivity (Wildman–Crippen MR) is 98.2 cm³/mol. The molecule has 0 saturated carbocycles. The topological polar surface area (TPSA) is 41.6 Å². The first-order valence-corrected chi connectivity index (χ1v) is 9.39. The van der Waals surface area contributed by atoms with Crippen LogP contribution in [0.15, 0.2) is 24.3 Å². The zero-order valence-electron chi connectivity index (χ0n) is 15.2. The molecule has 1 amide bonds. The van der Waals surface area contributed by atoms with E-state index < -0.39 is 0 Å². The summed E-state index contributed by atoms with van der Waals surface area (Å²) >= 11 is 0. The molecule has 1 heterocycles. The number of ether oxygens (including phenoxy) is 1. The highest BCUT2D eigenvalue weighted by Gasteiger charge is 2.13. The fraction of sp³-hybridized carbons (Fsp3) is 0.650. The molecule has 1 fully saturated rings. The number of amides is 1. The van der Waals surface area contributed by atoms with Gasteiger partial charge in [-0.3, -0.25) is 9.69 Å². The van der Waals surface area contributed by atoms with Crippen LogP contribution in [0.1, 0.15) is 61.9 Å². The number of morpholine rings is 1. The Morgan fingerprint density at radius 3 is 2.79 bits per heavy atom. The van der Waals surface area contributed by atoms with Crippen LogP contribution in [0.2, 0.25) is 0 Å². The summed E-state index contributed by atoms with van der Waals surface area (Å²) in [6, 6.07) is 8.24. The van der Waals surface area contributed by atoms with Crippen LogP contribution in [0.5, 0.6) is 0 Å². The average Bonchev–Trinajstić information content (AvgIpc) is 2.60. The van der Waals surface area contributed by atoms with Crippen LogP contribution in [0.4, 0.5) is 0 Å². The van der Waals surface area contributed by atoms with Crippen molar-refractivity contribution >= 4 is 5.91 Å². The Bertz CT molecular complexity index is 498. The molecule has 1 aliphatic rings. The van der Waals surface area contributed by atoms with Gasteiger partial charge < -0.3 is 10.1 Å². The summed E-state index contributed by atoms with van der Waals surface area (Å²) in [7, 11) is 0. The highest BCUT2D eigenvalue weighted by atomic mass is 16.5. The highest BCUT2D eigenvalue weighted by molar-refractivity contribution is 5.94. The summed E-state index contributed by atoms with van der Waals surface area (Å²) in [4.78, 5) is 14.8. The lowest BCUT2D eigenvalue weighted by Crippen LogP contribution is -2.35. The number of nitrogens with zero attached hydrogens (tertiary/aromatic N) is 1. The average molecular weight is 332 g/mol. The lowest BCUT2D eigenvalue weighted by molar-refractivity contribution is 0.0342. The Morgan fingerprint density at radius 1 is 1.25 bits per heavy atom. The quantitative estimate of drug-likeness (QED) is 0.703. The van der Waals surface area contributed by atoms with Crippen molar-refractivity contribution in [2.45, 2.75) is 58.5 Å². The minimum atomic E-state index is 0.0434. The lowest BCUT2D eigenvalue weighted by Gasteiger charge is -2.26. The molecule has 24 heavy (non-hydrogen) atoms. The molecule has 0 spiro atoms. The van der Waals surface area contributed by atoms with Crippen molar-refractivity contribution in [3.8, 4) is 0 Å². The molecular formula is C20H32N2O2. The van der Waals surface area contributed by atoms with Crippen molar-refractivity contribution in [2.24, 2.45) is 0 Å². The first-order chi connectivity index (χ1) is 11.7. The van der Waals surface area contributed by atoms with E-state index in [1.165, 1.54) is 31.2 Å². The van der Waals surface area contributed by atoms with Gasteiger partial charge in [-0.2, -0.15) is 0 Å². The van der Waals surface area contributed by atoms with Crippen LogP contribution in [0.25, 0.3) is 0 Å². The molecule has 4 nitrogen and oxygen atoms in total. The number of hydrogen-bond acceptors (Lipinski definition) is 3. The maximum Gasteiger partial charge on any atom is 0.251 e. The van der Waals surface area contributed by atoms with Crippen molar-refractivity contribution in [2.75, 3.05) is 26.3 Å². The fourth-order valence-electron chi connectivity index (χ4n) is 3.08. The molecule has 1 saturated heterocycles. The number of carbonyl (C=O) groups is 1. The Balaban J connectivity index is 1.81. The van der Waals surface area contributed by atoms with Gasteiger partial charge in [0, 0.05) is 31.2 Å². The maximum absolute atomic E-state index is 12.4. The van der Waals surface area contributed by atoms with E-state index in [2.05, 4.69) is 30.1 Å². The minimum absolute atomic E-state index is 0.0434. The molecule has 4 heteroatoms. The van der Waals surface area contributed by atoms with Crippen molar-refractivity contribution in [3.05, 3.63) is 35.4 Å². The molecule has 0 aliphatic carbocycles. The fourth-order valence-corrected chi connectivity index (χ4v) is 3.08. The molecule has 0 bridgehead atoms. The summed E-state index contributed by atoms with van der Waals surface area (Å²) in [6.45, 7) is 8.73. The first kappa shape index (κ1) is 18.9. The number of benzene rings is 1. The minimum Gasteiger partial charge on any atom is -0.379 e. The van der Waals surface area contributed by atoms with Gasteiger partial charge in [0.1, 0.15) is 0 Å². The van der Waals surface area contributed by atoms with Crippen molar-refractivity contribution in [1.82, 2.24) is 10.2 Å².